The van der Waals surface area contributed by atoms with Gasteiger partial charge in [-0.25, -0.2) is 93.5 Å². The van der Waals surface area contributed by atoms with Crippen LogP contribution in [0.1, 0.15) is 55.7 Å². The second-order valence-corrected chi connectivity index (χ2v) is 59.4. The number of nitrogens with zero attached hydrogens (tertiary/aromatic N) is 9. The molecule has 3 aromatic rings. The molecule has 850 valence electrons. The Kier molecular flexibility index (Phi) is 65.1. The predicted molar refractivity (Wildman–Crippen MR) is 533 cm³/mol. The fourth-order valence-corrected chi connectivity index (χ4v) is 23.7. The number of primary sulfonamides is 1. The van der Waals surface area contributed by atoms with E-state index in [4.69, 9.17) is 72.1 Å². The summed E-state index contributed by atoms with van der Waals surface area (Å²) in [7, 11) is -35.4. The van der Waals surface area contributed by atoms with Gasteiger partial charge < -0.3 is 61.4 Å². The van der Waals surface area contributed by atoms with Crippen LogP contribution in [0, 0.1) is 0 Å². The van der Waals surface area contributed by atoms with Gasteiger partial charge >= 0.3 is 29.6 Å². The smallest absolute Gasteiger partial charge is 0.748 e. The molecule has 13 aliphatic heterocycles. The summed E-state index contributed by atoms with van der Waals surface area (Å²) in [4.78, 5) is 10.7. The number of likely N-dealkylation sites (tertiary alicyclic amines) is 1. The van der Waals surface area contributed by atoms with Crippen LogP contribution in [0.25, 0.3) is 0 Å². The third kappa shape index (κ3) is 66.5. The Hall–Kier alpha value is -2.82. The van der Waals surface area contributed by atoms with Crippen molar-refractivity contribution < 1.29 is 213 Å². The van der Waals surface area contributed by atoms with E-state index in [0.717, 1.165) is 90.9 Å². The van der Waals surface area contributed by atoms with Crippen molar-refractivity contribution in [3.8, 4) is 0 Å². The summed E-state index contributed by atoms with van der Waals surface area (Å²) in [6, 6.07) is 28.4. The molecular formula is C78H140ClN12NaO42S13. The SMILES string of the molecule is CC1NS(=O)(=O)CCO1.CN1COCCS1(=O)=O.NS(=O)(=O)CCOCc1ccccc1.O=S(=O)(Cl)CCOCc1ccccc1.O=S(=O)([O-])CCOCc1ccccc1.O=S1(=O)CCN(CN2CCCOC2)CC1.O=S1(=O)CCN(CN2CCCOC2)CO1.O=S1(=O)CCNCO1.O=S1(=O)CCOCC1.O=S1(=O)CCOCN1CN1CCCCC1.O=S1(=O)CCOCN1CN1COCCS1(=O)=O.O=S1(=O)CCOCO1.[Na+]. The fourth-order valence-electron chi connectivity index (χ4n) is 12.6. The van der Waals surface area contributed by atoms with E-state index in [-0.39, 0.29) is 198 Å². The fraction of sp³-hybridized carbons (Fsp3) is 0.769. The molecule has 1 atom stereocenters. The van der Waals surface area contributed by atoms with Gasteiger partial charge in [0.15, 0.2) is 26.5 Å². The maximum absolute atomic E-state index is 11.7. The minimum atomic E-state index is -4.15. The van der Waals surface area contributed by atoms with Crippen LogP contribution in [0.2, 0.25) is 0 Å². The van der Waals surface area contributed by atoms with Gasteiger partial charge in [-0.2, -0.15) is 47.2 Å². The van der Waals surface area contributed by atoms with E-state index in [9.17, 15) is 114 Å². The normalized spacial score (nSPS) is 24.0. The van der Waals surface area contributed by atoms with Gasteiger partial charge in [0.2, 0.25) is 69.2 Å². The quantitative estimate of drug-likeness (QED) is 0.0261. The Bertz CT molecular complexity index is 5380. The summed E-state index contributed by atoms with van der Waals surface area (Å²) in [5, 5.41) is 7.55. The molecule has 0 saturated carbocycles. The summed E-state index contributed by atoms with van der Waals surface area (Å²) in [5.74, 6) is 0.483. The summed E-state index contributed by atoms with van der Waals surface area (Å²) >= 11 is 0. The van der Waals surface area contributed by atoms with Gasteiger partial charge in [-0.3, -0.25) is 38.2 Å². The van der Waals surface area contributed by atoms with Crippen LogP contribution >= 0.6 is 10.7 Å². The third-order valence-electron chi connectivity index (χ3n) is 20.7. The summed E-state index contributed by atoms with van der Waals surface area (Å²) in [5.41, 5.74) is 2.98. The van der Waals surface area contributed by atoms with Crippen molar-refractivity contribution in [2.45, 2.75) is 65.1 Å². The topological polar surface area (TPSA) is 685 Å². The zero-order valence-electron chi connectivity index (χ0n) is 82.5. The van der Waals surface area contributed by atoms with Gasteiger partial charge in [0, 0.05) is 70.2 Å². The second kappa shape index (κ2) is 70.1. The molecule has 69 heteroatoms. The van der Waals surface area contributed by atoms with Crippen molar-refractivity contribution in [2.75, 3.05) is 319 Å². The standard InChI is InChI=1S/C9H11ClO3S.2C9H18N2O3S.C9H13NO3S.C9H12O4S.C8H16N2O4S.C7H14N2O6S2.2C4H9NO3S.C4H8O3S.C3H7NO3S.C3H6O4S.Na/c10-14(11,12)7-6-13-8-9-4-2-1-3-5-9;12-15(13)6-3-10(4-7-15)8-11-2-1-5-14-9-11;12-15(13)7-6-14-9-11(15)8-10-4-2-1-3-5-10;2*10-14(11,12)7-6-13-8-9-4-2-1-3-5-9;11-15(12)5-3-10(8-14-15)6-9-2-1-4-13-7-9;10-16(11)3-1-14-6-8(16)5-9-7-15-2-4-17(9,12)13;1-5-4-8-2-3-9(5,6)7;1-4-5-9(6,7)3-2-8-4;5-8(6)3-1-7-2-4-8;5-8(6)2-1-4-3-7-8;4-8(5)2-1-6-3-7-8;/h1-5H,6-8H2;2*1-9H2;1-5H,6-8H2,(H2,10,11,12);1-5H,6-8H2,(H,10,11,12);1-8H2;1-7H2;2-4H2,1H3;4-5H,2-3H2,1H3;1-4H2;4H,1-3H2;1-3H2;/q;;;;;;;;;;;;+1/p-1. The molecule has 13 fully saturated rings. The van der Waals surface area contributed by atoms with Gasteiger partial charge in [0.1, 0.15) is 46.6 Å². The van der Waals surface area contributed by atoms with Crippen LogP contribution in [0.3, 0.4) is 0 Å². The number of halogens is 1. The van der Waals surface area contributed by atoms with Crippen LogP contribution in [0.15, 0.2) is 91.0 Å². The maximum atomic E-state index is 11.7. The first-order valence-electron chi connectivity index (χ1n) is 45.7. The monoisotopic (exact) mass is 2390 g/mol. The Morgan fingerprint density at radius 3 is 1.10 bits per heavy atom. The molecular weight excluding hydrogens is 2250 g/mol. The molecule has 13 heterocycles. The number of hydrogen-bond donors (Lipinski definition) is 3. The molecule has 0 aromatic heterocycles. The van der Waals surface area contributed by atoms with Crippen molar-refractivity contribution in [3.05, 3.63) is 108 Å². The Labute approximate surface area is 893 Å². The molecule has 3 aromatic carbocycles. The Morgan fingerprint density at radius 1 is 0.381 bits per heavy atom. The molecule has 0 aliphatic carbocycles. The number of nitrogens with two attached hydrogens (primary N) is 1. The molecule has 13 saturated heterocycles. The van der Waals surface area contributed by atoms with Crippen LogP contribution in [-0.4, -0.2) is 481 Å². The van der Waals surface area contributed by atoms with E-state index in [1.807, 2.05) is 95.9 Å². The van der Waals surface area contributed by atoms with Gasteiger partial charge in [-0.05, 0) is 62.4 Å². The number of rotatable bonds is 23. The first-order valence-corrected chi connectivity index (χ1v) is 67.9. The zero-order valence-corrected chi connectivity index (χ0v) is 95.8. The van der Waals surface area contributed by atoms with E-state index in [2.05, 4.69) is 42.7 Å². The largest absolute Gasteiger partial charge is 1.00 e. The predicted octanol–water partition coefficient (Wildman–Crippen LogP) is -6.99. The number of sulfonamides is 6. The number of piperidine rings is 1. The van der Waals surface area contributed by atoms with Crippen molar-refractivity contribution in [2.24, 2.45) is 5.14 Å². The van der Waals surface area contributed by atoms with Crippen molar-refractivity contribution >= 4 is 140 Å². The maximum Gasteiger partial charge on any atom is 1.00 e. The first kappa shape index (κ1) is 136. The van der Waals surface area contributed by atoms with Crippen molar-refractivity contribution in [3.63, 3.8) is 0 Å². The Morgan fingerprint density at radius 2 is 0.769 bits per heavy atom. The number of benzene rings is 3. The van der Waals surface area contributed by atoms with Crippen LogP contribution < -0.4 is 44.7 Å². The summed E-state index contributed by atoms with van der Waals surface area (Å²) in [6.07, 6.45) is 5.37. The summed E-state index contributed by atoms with van der Waals surface area (Å²) in [6.45, 7) is 16.9. The number of ether oxygens (including phenoxy) is 12. The molecule has 54 nitrogen and oxygen atoms in total. The molecule has 0 spiro atoms. The van der Waals surface area contributed by atoms with Gasteiger partial charge in [0.05, 0.1) is 229 Å². The van der Waals surface area contributed by atoms with E-state index in [0.29, 0.717) is 111 Å². The van der Waals surface area contributed by atoms with Crippen molar-refractivity contribution in [1.82, 2.24) is 51.8 Å². The molecule has 0 bridgehead atoms. The minimum Gasteiger partial charge on any atom is -0.748 e. The third-order valence-corrected chi connectivity index (χ3v) is 38.0. The van der Waals surface area contributed by atoms with Gasteiger partial charge in [0.25, 0.3) is 30.4 Å². The van der Waals surface area contributed by atoms with E-state index in [1.54, 1.807) is 6.92 Å². The Balaban J connectivity index is 0.000000336. The average molecular weight is 2390 g/mol. The van der Waals surface area contributed by atoms with Gasteiger partial charge in [-0.1, -0.05) is 97.4 Å². The molecule has 16 rings (SSSR count). The van der Waals surface area contributed by atoms with Gasteiger partial charge in [-0.15, -0.1) is 0 Å². The van der Waals surface area contributed by atoms with Crippen LogP contribution in [-0.2, 0) is 219 Å². The first-order chi connectivity index (χ1) is 68.5. The van der Waals surface area contributed by atoms with E-state index >= 15 is 0 Å². The van der Waals surface area contributed by atoms with E-state index in [1.165, 1.54) is 34.9 Å². The van der Waals surface area contributed by atoms with Crippen molar-refractivity contribution in [1.29, 1.82) is 0 Å². The second-order valence-electron chi connectivity index (χ2n) is 33.0. The summed E-state index contributed by atoms with van der Waals surface area (Å²) < 4.78 is 373. The minimum absolute atomic E-state index is 0. The molecule has 1 unspecified atom stereocenters. The molecule has 0 radical (unpaired) electrons. The van der Waals surface area contributed by atoms with E-state index < -0.39 is 135 Å². The number of sulfone groups is 2. The average Bonchev–Trinajstić information content (AvgIpc) is 0.800. The molecule has 0 amide bonds. The molecule has 147 heavy (non-hydrogen) atoms. The molecule has 4 N–H and O–H groups in total. The zero-order chi connectivity index (χ0) is 108. The van der Waals surface area contributed by atoms with Crippen LogP contribution in [0.5, 0.6) is 0 Å². The van der Waals surface area contributed by atoms with Crippen LogP contribution in [0.4, 0.5) is 0 Å². The number of nitrogens with one attached hydrogen (secondary N) is 2. The molecule has 13 aliphatic rings. The number of hydrogen-bond acceptors (Lipinski definition) is 48.